The molecule has 0 spiro atoms. The lowest BCUT2D eigenvalue weighted by atomic mass is 9.97. The number of nitrogen functional groups attached to an aromatic ring is 1. The maximum Gasteiger partial charge on any atom is 0.126 e. The highest BCUT2D eigenvalue weighted by Crippen LogP contribution is 2.15. The second kappa shape index (κ2) is 6.34. The maximum atomic E-state index is 5.91. The van der Waals surface area contributed by atoms with E-state index in [4.69, 9.17) is 5.73 Å². The summed E-state index contributed by atoms with van der Waals surface area (Å²) in [5.74, 6) is 0.632. The van der Waals surface area contributed by atoms with E-state index in [0.717, 1.165) is 18.4 Å². The Bertz CT molecular complexity index is 490. The molecule has 1 aromatic carbocycles. The van der Waals surface area contributed by atoms with E-state index in [1.54, 1.807) is 6.20 Å². The van der Waals surface area contributed by atoms with Crippen molar-refractivity contribution in [3.8, 4) is 0 Å². The standard InChI is InChI=1S/C16H21N3/c1-12-6-3-4-7-13(12)10-15(18-2)11-14-8-5-9-19-16(14)17/h3-9,15,18H,10-11H2,1-2H3,(H2,17,19). The van der Waals surface area contributed by atoms with Gasteiger partial charge in [-0.2, -0.15) is 0 Å². The van der Waals surface area contributed by atoms with Crippen LogP contribution in [0.3, 0.4) is 0 Å². The van der Waals surface area contributed by atoms with Gasteiger partial charge in [0.15, 0.2) is 0 Å². The van der Waals surface area contributed by atoms with Gasteiger partial charge in [0, 0.05) is 12.2 Å². The van der Waals surface area contributed by atoms with E-state index in [-0.39, 0.29) is 0 Å². The zero-order valence-corrected chi connectivity index (χ0v) is 11.6. The Balaban J connectivity index is 2.09. The summed E-state index contributed by atoms with van der Waals surface area (Å²) in [6, 6.07) is 12.9. The predicted octanol–water partition coefficient (Wildman–Crippen LogP) is 2.35. The second-order valence-corrected chi connectivity index (χ2v) is 4.87. The molecule has 3 heteroatoms. The van der Waals surface area contributed by atoms with Crippen LogP contribution in [0.15, 0.2) is 42.6 Å². The van der Waals surface area contributed by atoms with Crippen LogP contribution in [0.2, 0.25) is 0 Å². The number of benzene rings is 1. The van der Waals surface area contributed by atoms with Crippen molar-refractivity contribution in [3.63, 3.8) is 0 Å². The molecule has 1 heterocycles. The first-order chi connectivity index (χ1) is 9.20. The SMILES string of the molecule is CNC(Cc1ccccc1C)Cc1cccnc1N. The molecule has 2 aromatic rings. The van der Waals surface area contributed by atoms with E-state index < -0.39 is 0 Å². The van der Waals surface area contributed by atoms with Crippen molar-refractivity contribution in [2.75, 3.05) is 12.8 Å². The molecular weight excluding hydrogens is 234 g/mol. The van der Waals surface area contributed by atoms with Crippen LogP contribution in [0.25, 0.3) is 0 Å². The summed E-state index contributed by atoms with van der Waals surface area (Å²) < 4.78 is 0. The molecule has 0 aliphatic heterocycles. The quantitative estimate of drug-likeness (QED) is 0.862. The Morgan fingerprint density at radius 1 is 1.11 bits per heavy atom. The van der Waals surface area contributed by atoms with Crippen LogP contribution in [0, 0.1) is 6.92 Å². The summed E-state index contributed by atoms with van der Waals surface area (Å²) in [6.45, 7) is 2.15. The molecule has 0 aliphatic carbocycles. The fraction of sp³-hybridized carbons (Fsp3) is 0.312. The largest absolute Gasteiger partial charge is 0.383 e. The molecule has 1 unspecified atom stereocenters. The molecular formula is C16H21N3. The fourth-order valence-corrected chi connectivity index (χ4v) is 2.27. The molecule has 1 aromatic heterocycles. The second-order valence-electron chi connectivity index (χ2n) is 4.87. The molecule has 1 atom stereocenters. The third kappa shape index (κ3) is 3.55. The van der Waals surface area contributed by atoms with Crippen LogP contribution >= 0.6 is 0 Å². The highest BCUT2D eigenvalue weighted by Gasteiger charge is 2.11. The molecule has 100 valence electrons. The van der Waals surface area contributed by atoms with Crippen LogP contribution < -0.4 is 11.1 Å². The lowest BCUT2D eigenvalue weighted by Gasteiger charge is -2.18. The maximum absolute atomic E-state index is 5.91. The van der Waals surface area contributed by atoms with Gasteiger partial charge in [-0.1, -0.05) is 30.3 Å². The van der Waals surface area contributed by atoms with Gasteiger partial charge in [-0.25, -0.2) is 4.98 Å². The number of hydrogen-bond acceptors (Lipinski definition) is 3. The first-order valence-electron chi connectivity index (χ1n) is 6.62. The molecule has 2 rings (SSSR count). The number of likely N-dealkylation sites (N-methyl/N-ethyl adjacent to an activating group) is 1. The summed E-state index contributed by atoms with van der Waals surface area (Å²) in [7, 11) is 2.00. The van der Waals surface area contributed by atoms with Crippen LogP contribution in [0.4, 0.5) is 5.82 Å². The van der Waals surface area contributed by atoms with Crippen molar-refractivity contribution in [1.29, 1.82) is 0 Å². The van der Waals surface area contributed by atoms with Crippen LogP contribution in [-0.4, -0.2) is 18.1 Å². The summed E-state index contributed by atoms with van der Waals surface area (Å²) in [5, 5.41) is 3.37. The number of nitrogens with two attached hydrogens (primary N) is 1. The number of nitrogens with one attached hydrogen (secondary N) is 1. The Labute approximate surface area is 114 Å². The highest BCUT2D eigenvalue weighted by molar-refractivity contribution is 5.39. The number of rotatable bonds is 5. The van der Waals surface area contributed by atoms with E-state index >= 15 is 0 Å². The summed E-state index contributed by atoms with van der Waals surface area (Å²) in [4.78, 5) is 4.14. The Hall–Kier alpha value is -1.87. The van der Waals surface area contributed by atoms with Gasteiger partial charge in [0.05, 0.1) is 0 Å². The molecule has 3 N–H and O–H groups in total. The topological polar surface area (TPSA) is 50.9 Å². The van der Waals surface area contributed by atoms with E-state index in [9.17, 15) is 0 Å². The minimum Gasteiger partial charge on any atom is -0.383 e. The first kappa shape index (κ1) is 13.6. The fourth-order valence-electron chi connectivity index (χ4n) is 2.27. The molecule has 3 nitrogen and oxygen atoms in total. The average Bonchev–Trinajstić information content (AvgIpc) is 2.42. The molecule has 0 radical (unpaired) electrons. The first-order valence-corrected chi connectivity index (χ1v) is 6.62. The van der Waals surface area contributed by atoms with Gasteiger partial charge in [0.25, 0.3) is 0 Å². The lowest BCUT2D eigenvalue weighted by molar-refractivity contribution is 0.555. The van der Waals surface area contributed by atoms with Gasteiger partial charge < -0.3 is 11.1 Å². The monoisotopic (exact) mass is 255 g/mol. The molecule has 0 aliphatic rings. The zero-order chi connectivity index (χ0) is 13.7. The Morgan fingerprint density at radius 3 is 2.47 bits per heavy atom. The van der Waals surface area contributed by atoms with E-state index in [2.05, 4.69) is 41.5 Å². The smallest absolute Gasteiger partial charge is 0.126 e. The van der Waals surface area contributed by atoms with Crippen molar-refractivity contribution in [3.05, 3.63) is 59.3 Å². The van der Waals surface area contributed by atoms with Gasteiger partial charge in [0.1, 0.15) is 5.82 Å². The molecule has 0 saturated heterocycles. The van der Waals surface area contributed by atoms with E-state index in [0.29, 0.717) is 11.9 Å². The van der Waals surface area contributed by atoms with Crippen molar-refractivity contribution in [1.82, 2.24) is 10.3 Å². The van der Waals surface area contributed by atoms with Gasteiger partial charge >= 0.3 is 0 Å². The van der Waals surface area contributed by atoms with Gasteiger partial charge in [-0.15, -0.1) is 0 Å². The van der Waals surface area contributed by atoms with Crippen molar-refractivity contribution in [2.45, 2.75) is 25.8 Å². The molecule has 0 bridgehead atoms. The van der Waals surface area contributed by atoms with E-state index in [1.165, 1.54) is 11.1 Å². The van der Waals surface area contributed by atoms with E-state index in [1.807, 2.05) is 19.2 Å². The highest BCUT2D eigenvalue weighted by atomic mass is 14.9. The predicted molar refractivity (Wildman–Crippen MR) is 80.1 cm³/mol. The van der Waals surface area contributed by atoms with Crippen molar-refractivity contribution < 1.29 is 0 Å². The normalized spacial score (nSPS) is 12.3. The summed E-state index contributed by atoms with van der Waals surface area (Å²) in [5.41, 5.74) is 9.73. The minimum absolute atomic E-state index is 0.368. The molecule has 0 fully saturated rings. The molecule has 19 heavy (non-hydrogen) atoms. The van der Waals surface area contributed by atoms with Gasteiger partial charge in [-0.05, 0) is 49.6 Å². The molecule has 0 amide bonds. The van der Waals surface area contributed by atoms with Crippen LogP contribution in [0.5, 0.6) is 0 Å². The van der Waals surface area contributed by atoms with Gasteiger partial charge in [0.2, 0.25) is 0 Å². The number of hydrogen-bond donors (Lipinski definition) is 2. The summed E-state index contributed by atoms with van der Waals surface area (Å²) in [6.07, 6.45) is 3.62. The zero-order valence-electron chi connectivity index (χ0n) is 11.6. The number of aromatic nitrogens is 1. The number of anilines is 1. The number of aryl methyl sites for hydroxylation is 1. The van der Waals surface area contributed by atoms with Crippen molar-refractivity contribution in [2.24, 2.45) is 0 Å². The lowest BCUT2D eigenvalue weighted by Crippen LogP contribution is -2.30. The number of pyridine rings is 1. The Morgan fingerprint density at radius 2 is 1.79 bits per heavy atom. The molecule has 0 saturated carbocycles. The third-order valence-electron chi connectivity index (χ3n) is 3.53. The minimum atomic E-state index is 0.368. The number of nitrogens with zero attached hydrogens (tertiary/aromatic N) is 1. The summed E-state index contributed by atoms with van der Waals surface area (Å²) >= 11 is 0. The average molecular weight is 255 g/mol. The van der Waals surface area contributed by atoms with Crippen LogP contribution in [0.1, 0.15) is 16.7 Å². The third-order valence-corrected chi connectivity index (χ3v) is 3.53. The Kier molecular flexibility index (Phi) is 4.53. The van der Waals surface area contributed by atoms with Crippen molar-refractivity contribution >= 4 is 5.82 Å². The van der Waals surface area contributed by atoms with Crippen LogP contribution in [-0.2, 0) is 12.8 Å². The van der Waals surface area contributed by atoms with Gasteiger partial charge in [-0.3, -0.25) is 0 Å².